The van der Waals surface area contributed by atoms with E-state index in [-0.39, 0.29) is 0 Å². The number of rotatable bonds is 1. The number of nitrogens with zero attached hydrogens (tertiary/aromatic N) is 1. The van der Waals surface area contributed by atoms with Crippen LogP contribution in [0.15, 0.2) is 0 Å². The number of aromatic nitrogens is 2. The van der Waals surface area contributed by atoms with Crippen molar-refractivity contribution in [1.82, 2.24) is 10.2 Å². The Balaban J connectivity index is 2.34. The van der Waals surface area contributed by atoms with Gasteiger partial charge < -0.3 is 4.74 Å². The van der Waals surface area contributed by atoms with Crippen molar-refractivity contribution in [3.8, 4) is 5.88 Å². The summed E-state index contributed by atoms with van der Waals surface area (Å²) in [5.74, 6) is 1.56. The Bertz CT molecular complexity index is 267. The Morgan fingerprint density at radius 1 is 1.58 bits per heavy atom. The van der Waals surface area contributed by atoms with Crippen molar-refractivity contribution in [2.24, 2.45) is 5.92 Å². The summed E-state index contributed by atoms with van der Waals surface area (Å²) >= 11 is 0. The van der Waals surface area contributed by atoms with Crippen LogP contribution in [-0.4, -0.2) is 17.3 Å². The van der Waals surface area contributed by atoms with Crippen molar-refractivity contribution in [3.05, 3.63) is 11.3 Å². The lowest BCUT2D eigenvalue weighted by Crippen LogP contribution is -2.10. The second-order valence-electron chi connectivity index (χ2n) is 3.54. The highest BCUT2D eigenvalue weighted by Gasteiger charge is 2.21. The lowest BCUT2D eigenvalue weighted by Gasteiger charge is -2.17. The molecule has 0 fully saturated rings. The lowest BCUT2D eigenvalue weighted by molar-refractivity contribution is 0.386. The molecule has 0 aliphatic heterocycles. The van der Waals surface area contributed by atoms with Crippen LogP contribution in [0.5, 0.6) is 5.88 Å². The van der Waals surface area contributed by atoms with E-state index in [1.807, 2.05) is 0 Å². The second kappa shape index (κ2) is 2.81. The van der Waals surface area contributed by atoms with E-state index in [0.717, 1.165) is 24.6 Å². The monoisotopic (exact) mass is 166 g/mol. The van der Waals surface area contributed by atoms with Crippen molar-refractivity contribution in [2.45, 2.75) is 26.2 Å². The zero-order valence-electron chi connectivity index (χ0n) is 7.55. The molecule has 0 radical (unpaired) electrons. The summed E-state index contributed by atoms with van der Waals surface area (Å²) in [5, 5.41) is 7.13. The molecular formula is C9H14N2O. The maximum absolute atomic E-state index is 5.16. The molecule has 1 aromatic rings. The Kier molecular flexibility index (Phi) is 1.79. The Hall–Kier alpha value is -0.990. The molecule has 0 aromatic carbocycles. The van der Waals surface area contributed by atoms with Crippen LogP contribution in [-0.2, 0) is 12.8 Å². The molecule has 1 aliphatic rings. The second-order valence-corrected chi connectivity index (χ2v) is 3.54. The van der Waals surface area contributed by atoms with Crippen LogP contribution < -0.4 is 4.74 Å². The van der Waals surface area contributed by atoms with Crippen LogP contribution in [0, 0.1) is 5.92 Å². The first-order chi connectivity index (χ1) is 5.81. The number of H-pyrrole nitrogens is 1. The average molecular weight is 166 g/mol. The maximum Gasteiger partial charge on any atom is 0.235 e. The van der Waals surface area contributed by atoms with Gasteiger partial charge in [0.05, 0.1) is 7.11 Å². The molecule has 0 bridgehead atoms. The number of aryl methyl sites for hydroxylation is 1. The molecule has 0 spiro atoms. The lowest BCUT2D eigenvalue weighted by atomic mass is 9.89. The van der Waals surface area contributed by atoms with Gasteiger partial charge in [0.1, 0.15) is 0 Å². The standard InChI is InChI=1S/C9H14N2O/c1-6-3-4-8-7(5-6)9(12-2)11-10-8/h6H,3-5H2,1-2H3,(H,10,11). The van der Waals surface area contributed by atoms with Gasteiger partial charge in [0, 0.05) is 11.3 Å². The molecule has 3 heteroatoms. The van der Waals surface area contributed by atoms with Gasteiger partial charge in [-0.05, 0) is 25.2 Å². The number of nitrogens with one attached hydrogen (secondary N) is 1. The van der Waals surface area contributed by atoms with Crippen LogP contribution in [0.25, 0.3) is 0 Å². The first kappa shape index (κ1) is 7.65. The topological polar surface area (TPSA) is 37.9 Å². The smallest absolute Gasteiger partial charge is 0.235 e. The number of aromatic amines is 1. The van der Waals surface area contributed by atoms with E-state index in [1.165, 1.54) is 17.7 Å². The zero-order chi connectivity index (χ0) is 8.55. The molecule has 66 valence electrons. The first-order valence-corrected chi connectivity index (χ1v) is 4.41. The Morgan fingerprint density at radius 3 is 3.17 bits per heavy atom. The van der Waals surface area contributed by atoms with Crippen LogP contribution >= 0.6 is 0 Å². The highest BCUT2D eigenvalue weighted by molar-refractivity contribution is 5.32. The molecule has 1 aliphatic carbocycles. The molecule has 0 saturated carbocycles. The minimum absolute atomic E-state index is 0.768. The highest BCUT2D eigenvalue weighted by Crippen LogP contribution is 2.29. The van der Waals surface area contributed by atoms with Crippen molar-refractivity contribution >= 4 is 0 Å². The largest absolute Gasteiger partial charge is 0.480 e. The van der Waals surface area contributed by atoms with E-state index >= 15 is 0 Å². The maximum atomic E-state index is 5.16. The van der Waals surface area contributed by atoms with Gasteiger partial charge in [0.25, 0.3) is 0 Å². The summed E-state index contributed by atoms with van der Waals surface area (Å²) in [6.07, 6.45) is 3.49. The fourth-order valence-electron chi connectivity index (χ4n) is 1.81. The van der Waals surface area contributed by atoms with Crippen LogP contribution in [0.1, 0.15) is 24.6 Å². The minimum atomic E-state index is 0.768. The predicted octanol–water partition coefficient (Wildman–Crippen LogP) is 1.54. The SMILES string of the molecule is COc1n[nH]c2c1CC(C)CC2. The highest BCUT2D eigenvalue weighted by atomic mass is 16.5. The van der Waals surface area contributed by atoms with Gasteiger partial charge in [-0.2, -0.15) is 0 Å². The van der Waals surface area contributed by atoms with E-state index in [4.69, 9.17) is 4.74 Å². The van der Waals surface area contributed by atoms with Gasteiger partial charge >= 0.3 is 0 Å². The normalized spacial score (nSPS) is 22.0. The first-order valence-electron chi connectivity index (χ1n) is 4.41. The summed E-state index contributed by atoms with van der Waals surface area (Å²) in [6.45, 7) is 2.27. The van der Waals surface area contributed by atoms with Gasteiger partial charge in [-0.3, -0.25) is 5.10 Å². The number of methoxy groups -OCH3 is 1. The molecule has 1 unspecified atom stereocenters. The fraction of sp³-hybridized carbons (Fsp3) is 0.667. The molecule has 1 N–H and O–H groups in total. The Labute approximate surface area is 72.1 Å². The molecule has 1 heterocycles. The van der Waals surface area contributed by atoms with Crippen molar-refractivity contribution in [3.63, 3.8) is 0 Å². The number of ether oxygens (including phenoxy) is 1. The number of hydrogen-bond donors (Lipinski definition) is 1. The fourth-order valence-corrected chi connectivity index (χ4v) is 1.81. The van der Waals surface area contributed by atoms with Crippen molar-refractivity contribution in [2.75, 3.05) is 7.11 Å². The van der Waals surface area contributed by atoms with Crippen molar-refractivity contribution < 1.29 is 4.74 Å². The van der Waals surface area contributed by atoms with Gasteiger partial charge in [-0.25, -0.2) is 0 Å². The van der Waals surface area contributed by atoms with E-state index in [1.54, 1.807) is 7.11 Å². The summed E-state index contributed by atoms with van der Waals surface area (Å²) in [6, 6.07) is 0. The Morgan fingerprint density at radius 2 is 2.42 bits per heavy atom. The van der Waals surface area contributed by atoms with Crippen molar-refractivity contribution in [1.29, 1.82) is 0 Å². The quantitative estimate of drug-likeness (QED) is 0.687. The summed E-state index contributed by atoms with van der Waals surface area (Å²) in [4.78, 5) is 0. The van der Waals surface area contributed by atoms with E-state index in [9.17, 15) is 0 Å². The summed E-state index contributed by atoms with van der Waals surface area (Å²) in [5.41, 5.74) is 2.56. The van der Waals surface area contributed by atoms with E-state index in [2.05, 4.69) is 17.1 Å². The third-order valence-electron chi connectivity index (χ3n) is 2.55. The molecule has 1 aromatic heterocycles. The van der Waals surface area contributed by atoms with E-state index < -0.39 is 0 Å². The molecule has 0 saturated heterocycles. The van der Waals surface area contributed by atoms with Gasteiger partial charge in [-0.15, -0.1) is 5.10 Å². The summed E-state index contributed by atoms with van der Waals surface area (Å²) < 4.78 is 5.16. The van der Waals surface area contributed by atoms with Gasteiger partial charge in [0.2, 0.25) is 5.88 Å². The van der Waals surface area contributed by atoms with Crippen LogP contribution in [0.3, 0.4) is 0 Å². The number of fused-ring (bicyclic) bond motifs is 1. The minimum Gasteiger partial charge on any atom is -0.480 e. The van der Waals surface area contributed by atoms with Gasteiger partial charge in [0.15, 0.2) is 0 Å². The molecular weight excluding hydrogens is 152 g/mol. The van der Waals surface area contributed by atoms with Crippen LogP contribution in [0.4, 0.5) is 0 Å². The van der Waals surface area contributed by atoms with Gasteiger partial charge in [-0.1, -0.05) is 6.92 Å². The molecule has 12 heavy (non-hydrogen) atoms. The molecule has 3 nitrogen and oxygen atoms in total. The number of hydrogen-bond acceptors (Lipinski definition) is 2. The average Bonchev–Trinajstić information content (AvgIpc) is 2.46. The zero-order valence-corrected chi connectivity index (χ0v) is 7.55. The predicted molar refractivity (Wildman–Crippen MR) is 46.3 cm³/mol. The third-order valence-corrected chi connectivity index (χ3v) is 2.55. The summed E-state index contributed by atoms with van der Waals surface area (Å²) in [7, 11) is 1.68. The molecule has 0 amide bonds. The molecule has 2 rings (SSSR count). The molecule has 1 atom stereocenters. The third kappa shape index (κ3) is 1.09. The van der Waals surface area contributed by atoms with Crippen LogP contribution in [0.2, 0.25) is 0 Å². The van der Waals surface area contributed by atoms with E-state index in [0.29, 0.717) is 0 Å².